The summed E-state index contributed by atoms with van der Waals surface area (Å²) in [6, 6.07) is 12.6. The van der Waals surface area contributed by atoms with Crippen molar-refractivity contribution in [2.75, 3.05) is 31.1 Å². The van der Waals surface area contributed by atoms with E-state index in [0.29, 0.717) is 19.6 Å². The van der Waals surface area contributed by atoms with Crippen LogP contribution in [0.5, 0.6) is 0 Å². The number of rotatable bonds is 6. The van der Waals surface area contributed by atoms with E-state index < -0.39 is 10.0 Å². The lowest BCUT2D eigenvalue weighted by Crippen LogP contribution is -2.32. The second-order valence-electron chi connectivity index (χ2n) is 8.86. The lowest BCUT2D eigenvalue weighted by molar-refractivity contribution is 0.0951. The maximum atomic E-state index is 13.1. The molecule has 1 amide bonds. The first kappa shape index (κ1) is 24.0. The Labute approximate surface area is 202 Å². The van der Waals surface area contributed by atoms with Crippen molar-refractivity contribution in [2.45, 2.75) is 56.4 Å². The van der Waals surface area contributed by atoms with E-state index >= 15 is 0 Å². The number of sulfonamides is 1. The van der Waals surface area contributed by atoms with Gasteiger partial charge in [0.1, 0.15) is 0 Å². The summed E-state index contributed by atoms with van der Waals surface area (Å²) in [6.45, 7) is 3.55. The highest BCUT2D eigenvalue weighted by Gasteiger charge is 2.26. The fourth-order valence-corrected chi connectivity index (χ4v) is 6.27. The molecule has 1 N–H and O–H groups in total. The summed E-state index contributed by atoms with van der Waals surface area (Å²) in [4.78, 5) is 15.4. The summed E-state index contributed by atoms with van der Waals surface area (Å²) >= 11 is 6.27. The SMILES string of the molecule is O=C(NCc1ccc(N2CCCCC2)cc1)c1cc(S(=O)(=O)N2CCCCCC2)ccc1Cl. The third kappa shape index (κ3) is 5.89. The number of nitrogens with one attached hydrogen (secondary N) is 1. The van der Waals surface area contributed by atoms with E-state index in [1.807, 2.05) is 12.1 Å². The minimum absolute atomic E-state index is 0.116. The molecule has 2 aromatic rings. The van der Waals surface area contributed by atoms with E-state index in [9.17, 15) is 13.2 Å². The molecule has 2 heterocycles. The van der Waals surface area contributed by atoms with E-state index in [4.69, 9.17) is 11.6 Å². The molecule has 2 fully saturated rings. The van der Waals surface area contributed by atoms with Crippen molar-refractivity contribution < 1.29 is 13.2 Å². The third-order valence-electron chi connectivity index (χ3n) is 6.50. The van der Waals surface area contributed by atoms with Gasteiger partial charge in [0.15, 0.2) is 0 Å². The number of amides is 1. The van der Waals surface area contributed by atoms with Crippen molar-refractivity contribution in [3.05, 3.63) is 58.6 Å². The predicted molar refractivity (Wildman–Crippen MR) is 132 cm³/mol. The molecule has 33 heavy (non-hydrogen) atoms. The Morgan fingerprint density at radius 1 is 0.848 bits per heavy atom. The zero-order chi connectivity index (χ0) is 23.3. The van der Waals surface area contributed by atoms with E-state index in [1.54, 1.807) is 0 Å². The van der Waals surface area contributed by atoms with Gasteiger partial charge < -0.3 is 10.2 Å². The van der Waals surface area contributed by atoms with Gasteiger partial charge >= 0.3 is 0 Å². The fourth-order valence-electron chi connectivity index (χ4n) is 4.52. The van der Waals surface area contributed by atoms with Crippen LogP contribution in [0, 0.1) is 0 Å². The normalized spacial score (nSPS) is 18.0. The lowest BCUT2D eigenvalue weighted by Gasteiger charge is -2.28. The standard InChI is InChI=1S/C25H32ClN3O3S/c26-24-13-12-22(33(31,32)29-16-6-1-2-7-17-29)18-23(24)25(30)27-19-20-8-10-21(11-9-20)28-14-4-3-5-15-28/h8-13,18H,1-7,14-17,19H2,(H,27,30). The molecule has 2 aliphatic heterocycles. The van der Waals surface area contributed by atoms with Crippen LogP contribution in [0.1, 0.15) is 60.9 Å². The molecule has 0 saturated carbocycles. The van der Waals surface area contributed by atoms with Crippen LogP contribution >= 0.6 is 11.6 Å². The molecule has 178 valence electrons. The Morgan fingerprint density at radius 3 is 2.12 bits per heavy atom. The molecule has 0 unspecified atom stereocenters. The van der Waals surface area contributed by atoms with Crippen molar-refractivity contribution in [3.8, 4) is 0 Å². The average molecular weight is 490 g/mol. The van der Waals surface area contributed by atoms with Crippen LogP contribution in [0.2, 0.25) is 5.02 Å². The first-order valence-corrected chi connectivity index (χ1v) is 13.7. The molecule has 6 nitrogen and oxygen atoms in total. The number of nitrogens with zero attached hydrogens (tertiary/aromatic N) is 2. The monoisotopic (exact) mass is 489 g/mol. The molecule has 0 aromatic heterocycles. The Balaban J connectivity index is 1.42. The fraction of sp³-hybridized carbons (Fsp3) is 0.480. The van der Waals surface area contributed by atoms with Crippen LogP contribution in [-0.4, -0.2) is 44.8 Å². The van der Waals surface area contributed by atoms with Gasteiger partial charge in [0.05, 0.1) is 15.5 Å². The summed E-state index contributed by atoms with van der Waals surface area (Å²) in [5.41, 5.74) is 2.37. The largest absolute Gasteiger partial charge is 0.372 e. The second-order valence-corrected chi connectivity index (χ2v) is 11.2. The van der Waals surface area contributed by atoms with Gasteiger partial charge in [-0.25, -0.2) is 8.42 Å². The second kappa shape index (κ2) is 10.9. The number of carbonyl (C=O) groups excluding carboxylic acids is 1. The number of carbonyl (C=O) groups is 1. The van der Waals surface area contributed by atoms with Gasteiger partial charge in [0.2, 0.25) is 10.0 Å². The molecule has 2 aliphatic rings. The first-order chi connectivity index (χ1) is 15.9. The zero-order valence-corrected chi connectivity index (χ0v) is 20.5. The maximum absolute atomic E-state index is 13.1. The Kier molecular flexibility index (Phi) is 7.94. The van der Waals surface area contributed by atoms with E-state index in [2.05, 4.69) is 22.3 Å². The molecule has 0 spiro atoms. The predicted octanol–water partition coefficient (Wildman–Crippen LogP) is 4.83. The number of anilines is 1. The van der Waals surface area contributed by atoms with Gasteiger partial charge in [0.25, 0.3) is 5.91 Å². The van der Waals surface area contributed by atoms with Gasteiger partial charge in [-0.05, 0) is 68.0 Å². The number of benzene rings is 2. The first-order valence-electron chi connectivity index (χ1n) is 11.9. The highest BCUT2D eigenvalue weighted by molar-refractivity contribution is 7.89. The van der Waals surface area contributed by atoms with Gasteiger partial charge in [-0.1, -0.05) is 36.6 Å². The van der Waals surface area contributed by atoms with Crippen molar-refractivity contribution in [1.82, 2.24) is 9.62 Å². The number of halogens is 1. The lowest BCUT2D eigenvalue weighted by atomic mass is 10.1. The van der Waals surface area contributed by atoms with Crippen molar-refractivity contribution in [1.29, 1.82) is 0 Å². The molecular weight excluding hydrogens is 458 g/mol. The Hall–Kier alpha value is -2.09. The molecular formula is C25H32ClN3O3S. The van der Waals surface area contributed by atoms with Crippen LogP contribution in [0.25, 0.3) is 0 Å². The average Bonchev–Trinajstić information content (AvgIpc) is 3.14. The minimum Gasteiger partial charge on any atom is -0.372 e. The number of hydrogen-bond acceptors (Lipinski definition) is 4. The summed E-state index contributed by atoms with van der Waals surface area (Å²) in [5.74, 6) is -0.381. The molecule has 0 bridgehead atoms. The van der Waals surface area contributed by atoms with Crippen LogP contribution in [0.15, 0.2) is 47.4 Å². The molecule has 2 saturated heterocycles. The van der Waals surface area contributed by atoms with Crippen LogP contribution in [-0.2, 0) is 16.6 Å². The molecule has 8 heteroatoms. The van der Waals surface area contributed by atoms with Gasteiger partial charge in [-0.2, -0.15) is 4.31 Å². The molecule has 0 aliphatic carbocycles. The van der Waals surface area contributed by atoms with Gasteiger partial charge in [-0.15, -0.1) is 0 Å². The van der Waals surface area contributed by atoms with Crippen molar-refractivity contribution in [2.24, 2.45) is 0 Å². The summed E-state index contributed by atoms with van der Waals surface area (Å²) in [7, 11) is -3.65. The van der Waals surface area contributed by atoms with Gasteiger partial charge in [-0.3, -0.25) is 4.79 Å². The molecule has 2 aromatic carbocycles. The molecule has 4 rings (SSSR count). The Morgan fingerprint density at radius 2 is 1.45 bits per heavy atom. The number of piperidine rings is 1. The van der Waals surface area contributed by atoms with Crippen LogP contribution in [0.3, 0.4) is 0 Å². The van der Waals surface area contributed by atoms with E-state index in [0.717, 1.165) is 44.3 Å². The van der Waals surface area contributed by atoms with E-state index in [1.165, 1.54) is 47.5 Å². The highest BCUT2D eigenvalue weighted by Crippen LogP contribution is 2.25. The number of hydrogen-bond donors (Lipinski definition) is 1. The van der Waals surface area contributed by atoms with Crippen molar-refractivity contribution >= 4 is 33.2 Å². The summed E-state index contributed by atoms with van der Waals surface area (Å²) in [6.07, 6.45) is 7.55. The van der Waals surface area contributed by atoms with E-state index in [-0.39, 0.29) is 21.4 Å². The van der Waals surface area contributed by atoms with Crippen LogP contribution in [0.4, 0.5) is 5.69 Å². The summed E-state index contributed by atoms with van der Waals surface area (Å²) < 4.78 is 27.8. The quantitative estimate of drug-likeness (QED) is 0.631. The highest BCUT2D eigenvalue weighted by atomic mass is 35.5. The topological polar surface area (TPSA) is 69.7 Å². The third-order valence-corrected chi connectivity index (χ3v) is 8.72. The zero-order valence-electron chi connectivity index (χ0n) is 18.9. The smallest absolute Gasteiger partial charge is 0.253 e. The maximum Gasteiger partial charge on any atom is 0.253 e. The Bertz CT molecular complexity index is 1060. The molecule has 0 atom stereocenters. The van der Waals surface area contributed by atoms with Gasteiger partial charge in [0, 0.05) is 38.4 Å². The minimum atomic E-state index is -3.65. The molecule has 0 radical (unpaired) electrons. The van der Waals surface area contributed by atoms with Crippen LogP contribution < -0.4 is 10.2 Å². The van der Waals surface area contributed by atoms with Crippen molar-refractivity contribution in [3.63, 3.8) is 0 Å². The summed E-state index contributed by atoms with van der Waals surface area (Å²) in [5, 5.41) is 3.12.